The van der Waals surface area contributed by atoms with Gasteiger partial charge in [-0.15, -0.1) is 23.5 Å². The van der Waals surface area contributed by atoms with Crippen LogP contribution in [0.25, 0.3) is 0 Å². The van der Waals surface area contributed by atoms with E-state index in [1.807, 2.05) is 35.7 Å². The van der Waals surface area contributed by atoms with Gasteiger partial charge in [0.25, 0.3) is 0 Å². The Morgan fingerprint density at radius 3 is 2.47 bits per heavy atom. The molecule has 2 aliphatic rings. The fraction of sp³-hybridized carbons (Fsp3) is 0.381. The third-order valence-electron chi connectivity index (χ3n) is 5.09. The fourth-order valence-electron chi connectivity index (χ4n) is 3.62. The molecule has 6 nitrogen and oxygen atoms in total. The molecule has 2 aromatic carbocycles. The van der Waals surface area contributed by atoms with E-state index in [0.717, 1.165) is 23.5 Å². The lowest BCUT2D eigenvalue weighted by Crippen LogP contribution is -2.24. The van der Waals surface area contributed by atoms with Gasteiger partial charge >= 0.3 is 10.1 Å². The summed E-state index contributed by atoms with van der Waals surface area (Å²) in [6, 6.07) is 10.2. The van der Waals surface area contributed by atoms with Gasteiger partial charge in [0.1, 0.15) is 4.90 Å². The lowest BCUT2D eigenvalue weighted by Gasteiger charge is -2.18. The van der Waals surface area contributed by atoms with Crippen molar-refractivity contribution in [1.82, 2.24) is 0 Å². The highest BCUT2D eigenvalue weighted by Gasteiger charge is 2.26. The van der Waals surface area contributed by atoms with Gasteiger partial charge in [0.15, 0.2) is 11.5 Å². The number of thioether (sulfide) groups is 2. The molecule has 30 heavy (non-hydrogen) atoms. The third kappa shape index (κ3) is 4.29. The van der Waals surface area contributed by atoms with Crippen LogP contribution in [0.2, 0.25) is 0 Å². The summed E-state index contributed by atoms with van der Waals surface area (Å²) in [6.45, 7) is 2.36. The Bertz CT molecular complexity index is 1060. The second-order valence-electron chi connectivity index (χ2n) is 7.12. The van der Waals surface area contributed by atoms with Gasteiger partial charge in [0.05, 0.1) is 11.7 Å². The van der Waals surface area contributed by atoms with Gasteiger partial charge in [-0.1, -0.05) is 6.07 Å². The van der Waals surface area contributed by atoms with E-state index in [9.17, 15) is 13.2 Å². The van der Waals surface area contributed by atoms with Gasteiger partial charge in [-0.05, 0) is 54.8 Å². The number of nitrogens with zero attached hydrogens (tertiary/aromatic N) is 1. The van der Waals surface area contributed by atoms with Crippen molar-refractivity contribution in [1.29, 1.82) is 0 Å². The summed E-state index contributed by atoms with van der Waals surface area (Å²) in [5.41, 5.74) is 2.32. The average molecular weight is 466 g/mol. The van der Waals surface area contributed by atoms with E-state index >= 15 is 0 Å². The summed E-state index contributed by atoms with van der Waals surface area (Å²) in [6.07, 6.45) is 1.34. The Hall–Kier alpha value is -1.84. The minimum absolute atomic E-state index is 0.0599. The van der Waals surface area contributed by atoms with E-state index in [2.05, 4.69) is 0 Å². The third-order valence-corrected chi connectivity index (χ3v) is 9.59. The standard InChI is InChI=1S/C21H23NO5S3/c1-14-12-16(22-9-3-4-20(22)23)6-8-19(14)30(24,25)27-17-7-5-15(13-18(17)26-2)21-28-10-11-29-21/h5-8,12-13,21H,3-4,9-11H2,1-2H3. The van der Waals surface area contributed by atoms with Gasteiger partial charge in [0, 0.05) is 30.2 Å². The number of ether oxygens (including phenoxy) is 1. The number of anilines is 1. The van der Waals surface area contributed by atoms with Crippen LogP contribution in [0.4, 0.5) is 5.69 Å². The maximum absolute atomic E-state index is 13.0. The number of benzene rings is 2. The van der Waals surface area contributed by atoms with Crippen molar-refractivity contribution in [2.75, 3.05) is 30.1 Å². The molecule has 2 fully saturated rings. The van der Waals surface area contributed by atoms with Crippen LogP contribution in [-0.2, 0) is 14.9 Å². The molecule has 9 heteroatoms. The maximum atomic E-state index is 13.0. The smallest absolute Gasteiger partial charge is 0.339 e. The van der Waals surface area contributed by atoms with Crippen LogP contribution in [0.1, 0.15) is 28.6 Å². The predicted octanol–water partition coefficient (Wildman–Crippen LogP) is 4.38. The van der Waals surface area contributed by atoms with E-state index < -0.39 is 10.1 Å². The predicted molar refractivity (Wildman–Crippen MR) is 121 cm³/mol. The molecule has 2 aromatic rings. The van der Waals surface area contributed by atoms with Gasteiger partial charge in [-0.2, -0.15) is 8.42 Å². The number of amides is 1. The number of carbonyl (C=O) groups excluding carboxylic acids is 1. The van der Waals surface area contributed by atoms with Gasteiger partial charge in [-0.25, -0.2) is 0 Å². The first kappa shape index (κ1) is 21.4. The molecule has 0 spiro atoms. The molecule has 1 amide bonds. The molecule has 160 valence electrons. The number of carbonyl (C=O) groups is 1. The monoisotopic (exact) mass is 465 g/mol. The topological polar surface area (TPSA) is 72.9 Å². The minimum atomic E-state index is -4.06. The summed E-state index contributed by atoms with van der Waals surface area (Å²) in [4.78, 5) is 13.7. The maximum Gasteiger partial charge on any atom is 0.339 e. The number of rotatable bonds is 6. The average Bonchev–Trinajstić information content (AvgIpc) is 3.39. The Morgan fingerprint density at radius 1 is 1.07 bits per heavy atom. The Kier molecular flexibility index (Phi) is 6.22. The summed E-state index contributed by atoms with van der Waals surface area (Å²) in [7, 11) is -2.56. The molecule has 0 atom stereocenters. The van der Waals surface area contributed by atoms with Gasteiger partial charge < -0.3 is 13.8 Å². The van der Waals surface area contributed by atoms with E-state index in [1.165, 1.54) is 13.2 Å². The molecule has 0 N–H and O–H groups in total. The number of methoxy groups -OCH3 is 1. The zero-order valence-corrected chi connectivity index (χ0v) is 19.2. The number of hydrogen-bond donors (Lipinski definition) is 0. The first-order chi connectivity index (χ1) is 14.4. The largest absolute Gasteiger partial charge is 0.493 e. The molecule has 0 unspecified atom stereocenters. The number of aryl methyl sites for hydroxylation is 1. The van der Waals surface area contributed by atoms with Crippen molar-refractivity contribution in [3.63, 3.8) is 0 Å². The molecule has 0 radical (unpaired) electrons. The molecule has 0 aromatic heterocycles. The van der Waals surface area contributed by atoms with Crippen molar-refractivity contribution in [3.8, 4) is 11.5 Å². The van der Waals surface area contributed by atoms with Crippen molar-refractivity contribution in [2.45, 2.75) is 29.2 Å². The SMILES string of the molecule is COc1cc(C2SCCS2)ccc1OS(=O)(=O)c1ccc(N2CCCC2=O)cc1C. The normalized spacial score (nSPS) is 17.5. The second-order valence-corrected chi connectivity index (χ2v) is 11.4. The zero-order valence-electron chi connectivity index (χ0n) is 16.8. The van der Waals surface area contributed by atoms with E-state index in [-0.39, 0.29) is 16.6 Å². The molecule has 0 aliphatic carbocycles. The van der Waals surface area contributed by atoms with Crippen LogP contribution in [0.15, 0.2) is 41.3 Å². The molecule has 0 saturated carbocycles. The first-order valence-electron chi connectivity index (χ1n) is 9.66. The Labute approximate surface area is 185 Å². The van der Waals surface area contributed by atoms with Gasteiger partial charge in [0.2, 0.25) is 5.91 Å². The first-order valence-corrected chi connectivity index (χ1v) is 13.2. The zero-order chi connectivity index (χ0) is 21.3. The molecule has 0 bridgehead atoms. The Morgan fingerprint density at radius 2 is 1.83 bits per heavy atom. The summed E-state index contributed by atoms with van der Waals surface area (Å²) in [5, 5.41) is 0. The van der Waals surface area contributed by atoms with Crippen LogP contribution in [-0.4, -0.2) is 39.5 Å². The van der Waals surface area contributed by atoms with E-state index in [4.69, 9.17) is 8.92 Å². The molecular formula is C21H23NO5S3. The molecule has 4 rings (SSSR count). The summed E-state index contributed by atoms with van der Waals surface area (Å²) < 4.78 is 37.1. The van der Waals surface area contributed by atoms with Crippen LogP contribution in [0.5, 0.6) is 11.5 Å². The quantitative estimate of drug-likeness (QED) is 0.586. The van der Waals surface area contributed by atoms with Crippen molar-refractivity contribution < 1.29 is 22.1 Å². The van der Waals surface area contributed by atoms with Gasteiger partial charge in [-0.3, -0.25) is 4.79 Å². The van der Waals surface area contributed by atoms with Crippen molar-refractivity contribution in [2.24, 2.45) is 0 Å². The number of hydrogen-bond acceptors (Lipinski definition) is 7. The summed E-state index contributed by atoms with van der Waals surface area (Å²) >= 11 is 3.73. The molecule has 2 aliphatic heterocycles. The van der Waals surface area contributed by atoms with Crippen LogP contribution >= 0.6 is 23.5 Å². The highest BCUT2D eigenvalue weighted by atomic mass is 32.2. The second kappa shape index (κ2) is 8.72. The highest BCUT2D eigenvalue weighted by Crippen LogP contribution is 2.47. The molecule has 2 saturated heterocycles. The fourth-order valence-corrected chi connectivity index (χ4v) is 7.61. The molecular weight excluding hydrogens is 442 g/mol. The lowest BCUT2D eigenvalue weighted by atomic mass is 10.2. The van der Waals surface area contributed by atoms with Crippen LogP contribution in [0.3, 0.4) is 0 Å². The highest BCUT2D eigenvalue weighted by molar-refractivity contribution is 8.19. The molecule has 2 heterocycles. The van der Waals surface area contributed by atoms with Crippen molar-refractivity contribution in [3.05, 3.63) is 47.5 Å². The minimum Gasteiger partial charge on any atom is -0.493 e. The Balaban J connectivity index is 1.59. The van der Waals surface area contributed by atoms with E-state index in [1.54, 1.807) is 30.0 Å². The van der Waals surface area contributed by atoms with Crippen LogP contribution < -0.4 is 13.8 Å². The lowest BCUT2D eigenvalue weighted by molar-refractivity contribution is -0.117. The van der Waals surface area contributed by atoms with Crippen LogP contribution in [0, 0.1) is 6.92 Å². The van der Waals surface area contributed by atoms with Crippen molar-refractivity contribution >= 4 is 45.2 Å². The van der Waals surface area contributed by atoms with E-state index in [0.29, 0.717) is 34.5 Å². The summed E-state index contributed by atoms with van der Waals surface area (Å²) in [5.74, 6) is 2.81.